The van der Waals surface area contributed by atoms with Gasteiger partial charge >= 0.3 is 0 Å². The molecule has 2 heterocycles. The molecule has 0 aliphatic carbocycles. The third-order valence-corrected chi connectivity index (χ3v) is 5.05. The van der Waals surface area contributed by atoms with E-state index >= 15 is 0 Å². The van der Waals surface area contributed by atoms with Crippen LogP contribution in [0.5, 0.6) is 0 Å². The molecule has 2 fully saturated rings. The van der Waals surface area contributed by atoms with Gasteiger partial charge in [0.2, 0.25) is 5.91 Å². The molecule has 1 unspecified atom stereocenters. The molecule has 0 spiro atoms. The SMILES string of the molecule is Cc1ccccc1CN1CCN(C(=O)CNCC2CCCO2)CC1. The molecule has 0 aromatic heterocycles. The van der Waals surface area contributed by atoms with Crippen molar-refractivity contribution in [1.82, 2.24) is 15.1 Å². The number of ether oxygens (including phenoxy) is 1. The van der Waals surface area contributed by atoms with Gasteiger partial charge in [-0.25, -0.2) is 0 Å². The number of hydrogen-bond acceptors (Lipinski definition) is 4. The van der Waals surface area contributed by atoms with Crippen molar-refractivity contribution in [2.45, 2.75) is 32.4 Å². The summed E-state index contributed by atoms with van der Waals surface area (Å²) in [5.74, 6) is 0.212. The Bertz CT molecular complexity index is 535. The van der Waals surface area contributed by atoms with Crippen LogP contribution in [0.25, 0.3) is 0 Å². The number of nitrogens with one attached hydrogen (secondary N) is 1. The number of carbonyl (C=O) groups is 1. The molecule has 0 radical (unpaired) electrons. The summed E-state index contributed by atoms with van der Waals surface area (Å²) in [5, 5.41) is 3.25. The first-order valence-electron chi connectivity index (χ1n) is 9.09. The van der Waals surface area contributed by atoms with E-state index in [9.17, 15) is 4.79 Å². The Morgan fingerprint density at radius 1 is 1.25 bits per heavy atom. The predicted molar refractivity (Wildman–Crippen MR) is 94.9 cm³/mol. The second-order valence-corrected chi connectivity index (χ2v) is 6.85. The van der Waals surface area contributed by atoms with Crippen LogP contribution in [0, 0.1) is 6.92 Å². The number of aryl methyl sites for hydroxylation is 1. The Hall–Kier alpha value is -1.43. The summed E-state index contributed by atoms with van der Waals surface area (Å²) in [6.07, 6.45) is 2.55. The minimum atomic E-state index is 0.212. The molecule has 5 heteroatoms. The Kier molecular flexibility index (Phi) is 6.24. The van der Waals surface area contributed by atoms with E-state index in [0.29, 0.717) is 12.6 Å². The summed E-state index contributed by atoms with van der Waals surface area (Å²) in [6.45, 7) is 8.77. The third kappa shape index (κ3) is 4.79. The van der Waals surface area contributed by atoms with E-state index in [2.05, 4.69) is 41.4 Å². The first kappa shape index (κ1) is 17.4. The molecule has 0 bridgehead atoms. The highest BCUT2D eigenvalue weighted by Gasteiger charge is 2.22. The smallest absolute Gasteiger partial charge is 0.236 e. The van der Waals surface area contributed by atoms with E-state index in [0.717, 1.165) is 58.7 Å². The molecule has 5 nitrogen and oxygen atoms in total. The lowest BCUT2D eigenvalue weighted by Gasteiger charge is -2.35. The van der Waals surface area contributed by atoms with E-state index < -0.39 is 0 Å². The Labute approximate surface area is 145 Å². The number of nitrogens with zero attached hydrogens (tertiary/aromatic N) is 2. The topological polar surface area (TPSA) is 44.8 Å². The molecule has 0 saturated carbocycles. The summed E-state index contributed by atoms with van der Waals surface area (Å²) in [5.41, 5.74) is 2.73. The van der Waals surface area contributed by atoms with Crippen molar-refractivity contribution in [3.63, 3.8) is 0 Å². The van der Waals surface area contributed by atoms with Crippen LogP contribution in [0.3, 0.4) is 0 Å². The highest BCUT2D eigenvalue weighted by Crippen LogP contribution is 2.13. The normalized spacial score (nSPS) is 22.0. The molecular formula is C19H29N3O2. The maximum atomic E-state index is 12.3. The molecule has 132 valence electrons. The second-order valence-electron chi connectivity index (χ2n) is 6.85. The zero-order chi connectivity index (χ0) is 16.8. The molecule has 2 saturated heterocycles. The molecule has 3 rings (SSSR count). The van der Waals surface area contributed by atoms with Crippen LogP contribution >= 0.6 is 0 Å². The highest BCUT2D eigenvalue weighted by molar-refractivity contribution is 5.78. The van der Waals surface area contributed by atoms with Crippen LogP contribution in [0.2, 0.25) is 0 Å². The number of rotatable bonds is 6. The average molecular weight is 331 g/mol. The van der Waals surface area contributed by atoms with Gasteiger partial charge in [0.05, 0.1) is 12.6 Å². The van der Waals surface area contributed by atoms with Gasteiger partial charge in [0.1, 0.15) is 0 Å². The Morgan fingerprint density at radius 2 is 2.04 bits per heavy atom. The Morgan fingerprint density at radius 3 is 2.75 bits per heavy atom. The van der Waals surface area contributed by atoms with Crippen LogP contribution in [0.1, 0.15) is 24.0 Å². The molecule has 1 atom stereocenters. The molecule has 24 heavy (non-hydrogen) atoms. The maximum Gasteiger partial charge on any atom is 0.236 e. The van der Waals surface area contributed by atoms with Gasteiger partial charge in [-0.15, -0.1) is 0 Å². The van der Waals surface area contributed by atoms with Crippen LogP contribution in [-0.4, -0.2) is 67.7 Å². The quantitative estimate of drug-likeness (QED) is 0.856. The van der Waals surface area contributed by atoms with Gasteiger partial charge in [0.15, 0.2) is 0 Å². The first-order valence-corrected chi connectivity index (χ1v) is 9.09. The Balaban J connectivity index is 1.36. The van der Waals surface area contributed by atoms with Gasteiger partial charge in [-0.1, -0.05) is 24.3 Å². The van der Waals surface area contributed by atoms with Crippen molar-refractivity contribution in [3.05, 3.63) is 35.4 Å². The number of amides is 1. The summed E-state index contributed by atoms with van der Waals surface area (Å²) >= 11 is 0. The predicted octanol–water partition coefficient (Wildman–Crippen LogP) is 1.41. The van der Waals surface area contributed by atoms with E-state index in [1.807, 2.05) is 4.90 Å². The van der Waals surface area contributed by atoms with Crippen molar-refractivity contribution >= 4 is 5.91 Å². The summed E-state index contributed by atoms with van der Waals surface area (Å²) < 4.78 is 5.57. The van der Waals surface area contributed by atoms with E-state index in [1.165, 1.54) is 11.1 Å². The molecule has 1 aromatic carbocycles. The van der Waals surface area contributed by atoms with Gasteiger partial charge < -0.3 is 15.0 Å². The van der Waals surface area contributed by atoms with Gasteiger partial charge in [-0.05, 0) is 30.9 Å². The van der Waals surface area contributed by atoms with Crippen molar-refractivity contribution in [2.24, 2.45) is 0 Å². The molecule has 1 amide bonds. The fourth-order valence-electron chi connectivity index (χ4n) is 3.44. The minimum Gasteiger partial charge on any atom is -0.377 e. The lowest BCUT2D eigenvalue weighted by molar-refractivity contribution is -0.132. The summed E-state index contributed by atoms with van der Waals surface area (Å²) in [6, 6.07) is 8.54. The average Bonchev–Trinajstić information content (AvgIpc) is 3.11. The van der Waals surface area contributed by atoms with E-state index in [1.54, 1.807) is 0 Å². The lowest BCUT2D eigenvalue weighted by atomic mass is 10.1. The van der Waals surface area contributed by atoms with Gasteiger partial charge in [-0.3, -0.25) is 9.69 Å². The minimum absolute atomic E-state index is 0.212. The van der Waals surface area contributed by atoms with E-state index in [4.69, 9.17) is 4.74 Å². The molecular weight excluding hydrogens is 302 g/mol. The fraction of sp³-hybridized carbons (Fsp3) is 0.632. The number of benzene rings is 1. The monoisotopic (exact) mass is 331 g/mol. The van der Waals surface area contributed by atoms with Crippen LogP contribution in [-0.2, 0) is 16.1 Å². The first-order chi connectivity index (χ1) is 11.7. The number of hydrogen-bond donors (Lipinski definition) is 1. The van der Waals surface area contributed by atoms with Gasteiger partial charge in [0, 0.05) is 45.9 Å². The van der Waals surface area contributed by atoms with Crippen LogP contribution < -0.4 is 5.32 Å². The molecule has 2 aliphatic heterocycles. The van der Waals surface area contributed by atoms with Crippen molar-refractivity contribution < 1.29 is 9.53 Å². The lowest BCUT2D eigenvalue weighted by Crippen LogP contribution is -2.50. The maximum absolute atomic E-state index is 12.3. The van der Waals surface area contributed by atoms with Crippen molar-refractivity contribution in [2.75, 3.05) is 45.9 Å². The van der Waals surface area contributed by atoms with Crippen LogP contribution in [0.4, 0.5) is 0 Å². The zero-order valence-corrected chi connectivity index (χ0v) is 14.7. The second kappa shape index (κ2) is 8.60. The number of piperazine rings is 1. The summed E-state index contributed by atoms with van der Waals surface area (Å²) in [4.78, 5) is 16.7. The third-order valence-electron chi connectivity index (χ3n) is 5.05. The standard InChI is InChI=1S/C19H29N3O2/c1-16-5-2-3-6-17(16)15-21-8-10-22(11-9-21)19(23)14-20-13-18-7-4-12-24-18/h2-3,5-6,18,20H,4,7-15H2,1H3. The molecule has 2 aliphatic rings. The van der Waals surface area contributed by atoms with Crippen LogP contribution in [0.15, 0.2) is 24.3 Å². The van der Waals surface area contributed by atoms with Crippen molar-refractivity contribution in [3.8, 4) is 0 Å². The summed E-state index contributed by atoms with van der Waals surface area (Å²) in [7, 11) is 0. The molecule has 1 aromatic rings. The van der Waals surface area contributed by atoms with Gasteiger partial charge in [-0.2, -0.15) is 0 Å². The zero-order valence-electron chi connectivity index (χ0n) is 14.7. The highest BCUT2D eigenvalue weighted by atomic mass is 16.5. The fourth-order valence-corrected chi connectivity index (χ4v) is 3.44. The van der Waals surface area contributed by atoms with Crippen molar-refractivity contribution in [1.29, 1.82) is 0 Å². The molecule has 1 N–H and O–H groups in total. The number of carbonyl (C=O) groups excluding carboxylic acids is 1. The largest absolute Gasteiger partial charge is 0.377 e. The van der Waals surface area contributed by atoms with Gasteiger partial charge in [0.25, 0.3) is 0 Å². The van der Waals surface area contributed by atoms with E-state index in [-0.39, 0.29) is 5.91 Å².